The molecule has 1 atom stereocenters. The van der Waals surface area contributed by atoms with Gasteiger partial charge in [0.1, 0.15) is 0 Å². The Hall–Kier alpha value is -1.84. The molecular formula is C13H16N2O3S. The fourth-order valence-corrected chi connectivity index (χ4v) is 2.00. The average molecular weight is 280 g/mol. The van der Waals surface area contributed by atoms with Crippen molar-refractivity contribution in [3.8, 4) is 12.3 Å². The number of nitrogens with one attached hydrogen (secondary N) is 1. The molecule has 0 aliphatic carbocycles. The van der Waals surface area contributed by atoms with Crippen molar-refractivity contribution in [1.82, 2.24) is 5.32 Å². The van der Waals surface area contributed by atoms with Crippen LogP contribution in [0.3, 0.4) is 0 Å². The average Bonchev–Trinajstić information content (AvgIpc) is 2.34. The van der Waals surface area contributed by atoms with Crippen LogP contribution in [0.1, 0.15) is 24.2 Å². The molecule has 6 heteroatoms. The molecule has 1 aromatic rings. The van der Waals surface area contributed by atoms with E-state index < -0.39 is 22.0 Å². The SMILES string of the molecule is C#CC(NC(=O)c1cccc(S(N)(=O)=O)c1)C(C)C. The number of carbonyl (C=O) groups is 1. The van der Waals surface area contributed by atoms with Gasteiger partial charge in [0.05, 0.1) is 10.9 Å². The van der Waals surface area contributed by atoms with Crippen LogP contribution in [0.25, 0.3) is 0 Å². The standard InChI is InChI=1S/C13H16N2O3S/c1-4-12(9(2)3)15-13(16)10-6-5-7-11(8-10)19(14,17)18/h1,5-9,12H,2-3H3,(H,15,16)(H2,14,17,18). The number of primary sulfonamides is 1. The second-order valence-electron chi connectivity index (χ2n) is 4.43. The Balaban J connectivity index is 2.99. The van der Waals surface area contributed by atoms with Crippen molar-refractivity contribution in [2.75, 3.05) is 0 Å². The van der Waals surface area contributed by atoms with E-state index in [2.05, 4.69) is 11.2 Å². The van der Waals surface area contributed by atoms with Gasteiger partial charge >= 0.3 is 0 Å². The summed E-state index contributed by atoms with van der Waals surface area (Å²) in [5, 5.41) is 7.66. The molecular weight excluding hydrogens is 264 g/mol. The van der Waals surface area contributed by atoms with Gasteiger partial charge in [0.25, 0.3) is 5.91 Å². The normalized spacial score (nSPS) is 12.8. The third-order valence-electron chi connectivity index (χ3n) is 2.56. The van der Waals surface area contributed by atoms with Crippen LogP contribution < -0.4 is 10.5 Å². The lowest BCUT2D eigenvalue weighted by molar-refractivity contribution is 0.0938. The van der Waals surface area contributed by atoms with Crippen molar-refractivity contribution in [2.45, 2.75) is 24.8 Å². The molecule has 1 rings (SSSR count). The summed E-state index contributed by atoms with van der Waals surface area (Å²) >= 11 is 0. The number of hydrogen-bond donors (Lipinski definition) is 2. The van der Waals surface area contributed by atoms with Crippen LogP contribution in [-0.2, 0) is 10.0 Å². The first-order valence-corrected chi connectivity index (χ1v) is 7.20. The number of amides is 1. The maximum atomic E-state index is 12.0. The lowest BCUT2D eigenvalue weighted by atomic mass is 10.0. The number of terminal acetylenes is 1. The summed E-state index contributed by atoms with van der Waals surface area (Å²) in [6.07, 6.45) is 5.32. The lowest BCUT2D eigenvalue weighted by Crippen LogP contribution is -2.37. The van der Waals surface area contributed by atoms with E-state index >= 15 is 0 Å². The Bertz CT molecular complexity index is 615. The summed E-state index contributed by atoms with van der Waals surface area (Å²) in [5.41, 5.74) is 0.201. The highest BCUT2D eigenvalue weighted by Gasteiger charge is 2.16. The number of carbonyl (C=O) groups excluding carboxylic acids is 1. The quantitative estimate of drug-likeness (QED) is 0.796. The zero-order valence-corrected chi connectivity index (χ0v) is 11.6. The van der Waals surface area contributed by atoms with E-state index in [1.54, 1.807) is 0 Å². The Labute approximate surface area is 113 Å². The van der Waals surface area contributed by atoms with Gasteiger partial charge in [-0.15, -0.1) is 6.42 Å². The van der Waals surface area contributed by atoms with Gasteiger partial charge < -0.3 is 5.32 Å². The highest BCUT2D eigenvalue weighted by Crippen LogP contribution is 2.10. The molecule has 0 saturated heterocycles. The van der Waals surface area contributed by atoms with E-state index in [0.29, 0.717) is 0 Å². The van der Waals surface area contributed by atoms with Gasteiger partial charge in [-0.3, -0.25) is 4.79 Å². The Morgan fingerprint density at radius 1 is 1.42 bits per heavy atom. The Morgan fingerprint density at radius 3 is 2.53 bits per heavy atom. The van der Waals surface area contributed by atoms with Crippen molar-refractivity contribution in [3.63, 3.8) is 0 Å². The van der Waals surface area contributed by atoms with Gasteiger partial charge in [-0.05, 0) is 24.1 Å². The number of hydrogen-bond acceptors (Lipinski definition) is 3. The van der Waals surface area contributed by atoms with Gasteiger partial charge in [0.2, 0.25) is 10.0 Å². The summed E-state index contributed by atoms with van der Waals surface area (Å²) in [7, 11) is -3.83. The molecule has 0 heterocycles. The van der Waals surface area contributed by atoms with Crippen molar-refractivity contribution < 1.29 is 13.2 Å². The van der Waals surface area contributed by atoms with Crippen molar-refractivity contribution in [2.24, 2.45) is 11.1 Å². The first-order valence-electron chi connectivity index (χ1n) is 5.65. The first-order chi connectivity index (χ1) is 8.75. The van der Waals surface area contributed by atoms with Crippen LogP contribution in [-0.4, -0.2) is 20.4 Å². The molecule has 0 aliphatic heterocycles. The van der Waals surface area contributed by atoms with E-state index in [-0.39, 0.29) is 16.4 Å². The zero-order chi connectivity index (χ0) is 14.6. The summed E-state index contributed by atoms with van der Waals surface area (Å²) in [6, 6.07) is 5.09. The topological polar surface area (TPSA) is 89.3 Å². The van der Waals surface area contributed by atoms with Crippen LogP contribution in [0.15, 0.2) is 29.2 Å². The minimum absolute atomic E-state index is 0.0790. The molecule has 0 saturated carbocycles. The molecule has 102 valence electrons. The molecule has 5 nitrogen and oxygen atoms in total. The molecule has 0 spiro atoms. The summed E-state index contributed by atoms with van der Waals surface area (Å²) in [4.78, 5) is 11.8. The van der Waals surface area contributed by atoms with E-state index in [4.69, 9.17) is 11.6 Å². The number of benzene rings is 1. The van der Waals surface area contributed by atoms with Crippen LogP contribution in [0, 0.1) is 18.3 Å². The second kappa shape index (κ2) is 5.87. The van der Waals surface area contributed by atoms with Crippen LogP contribution in [0.5, 0.6) is 0 Å². The van der Waals surface area contributed by atoms with Crippen LogP contribution in [0.2, 0.25) is 0 Å². The summed E-state index contributed by atoms with van der Waals surface area (Å²) < 4.78 is 22.4. The Morgan fingerprint density at radius 2 is 2.05 bits per heavy atom. The number of sulfonamides is 1. The van der Waals surface area contributed by atoms with Gasteiger partial charge in [-0.25, -0.2) is 13.6 Å². The molecule has 0 aromatic heterocycles. The van der Waals surface area contributed by atoms with Gasteiger partial charge in [-0.2, -0.15) is 0 Å². The number of rotatable bonds is 4. The van der Waals surface area contributed by atoms with Crippen LogP contribution in [0.4, 0.5) is 0 Å². The molecule has 3 N–H and O–H groups in total. The molecule has 0 radical (unpaired) electrons. The van der Waals surface area contributed by atoms with E-state index in [0.717, 1.165) is 0 Å². The predicted molar refractivity (Wildman–Crippen MR) is 72.7 cm³/mol. The fourth-order valence-electron chi connectivity index (χ4n) is 1.44. The molecule has 19 heavy (non-hydrogen) atoms. The van der Waals surface area contributed by atoms with Crippen molar-refractivity contribution in [3.05, 3.63) is 29.8 Å². The molecule has 1 amide bonds. The minimum Gasteiger partial charge on any atom is -0.338 e. The molecule has 1 aromatic carbocycles. The number of nitrogens with two attached hydrogens (primary N) is 1. The van der Waals surface area contributed by atoms with Gasteiger partial charge in [-0.1, -0.05) is 25.8 Å². The zero-order valence-electron chi connectivity index (χ0n) is 10.8. The second-order valence-corrected chi connectivity index (χ2v) is 6.00. The largest absolute Gasteiger partial charge is 0.338 e. The third-order valence-corrected chi connectivity index (χ3v) is 3.47. The summed E-state index contributed by atoms with van der Waals surface area (Å²) in [6.45, 7) is 3.76. The van der Waals surface area contributed by atoms with E-state index in [1.807, 2.05) is 13.8 Å². The van der Waals surface area contributed by atoms with Gasteiger partial charge in [0.15, 0.2) is 0 Å². The van der Waals surface area contributed by atoms with E-state index in [9.17, 15) is 13.2 Å². The van der Waals surface area contributed by atoms with Gasteiger partial charge in [0, 0.05) is 5.56 Å². The van der Waals surface area contributed by atoms with Crippen LogP contribution >= 0.6 is 0 Å². The molecule has 1 unspecified atom stereocenters. The highest BCUT2D eigenvalue weighted by molar-refractivity contribution is 7.89. The summed E-state index contributed by atoms with van der Waals surface area (Å²) in [5.74, 6) is 2.12. The maximum Gasteiger partial charge on any atom is 0.252 e. The Kier molecular flexibility index (Phi) is 4.70. The predicted octanol–water partition coefficient (Wildman–Crippen LogP) is 0.722. The molecule has 0 aliphatic rings. The maximum absolute atomic E-state index is 12.0. The highest BCUT2D eigenvalue weighted by atomic mass is 32.2. The van der Waals surface area contributed by atoms with Crippen molar-refractivity contribution >= 4 is 15.9 Å². The first kappa shape index (κ1) is 15.2. The van der Waals surface area contributed by atoms with E-state index in [1.165, 1.54) is 24.3 Å². The monoisotopic (exact) mass is 280 g/mol. The lowest BCUT2D eigenvalue weighted by Gasteiger charge is -2.16. The molecule has 0 bridgehead atoms. The van der Waals surface area contributed by atoms with Crippen molar-refractivity contribution in [1.29, 1.82) is 0 Å². The molecule has 0 fully saturated rings. The minimum atomic E-state index is -3.83. The fraction of sp³-hybridized carbons (Fsp3) is 0.308. The smallest absolute Gasteiger partial charge is 0.252 e. The third kappa shape index (κ3) is 4.09.